The summed E-state index contributed by atoms with van der Waals surface area (Å²) in [5.74, 6) is 0.743. The molecule has 1 fully saturated rings. The number of allylic oxidation sites excluding steroid dienone is 4. The van der Waals surface area contributed by atoms with Crippen LogP contribution < -0.4 is 10.5 Å². The second-order valence-electron chi connectivity index (χ2n) is 7.59. The standard InChI is InChI=1S/C22H25N3O3/c1-4-7-15(5-2)16-8-9-18-17(12-16)22(19(26)25(3)20(23)24-22)13-21(28-18)10-6-11-27-14-21/h4-5,7-9,12H,1-2,6,10-11,13-14H2,3H3,(H2,23,24). The van der Waals surface area contributed by atoms with Gasteiger partial charge < -0.3 is 15.2 Å². The minimum Gasteiger partial charge on any atom is -0.484 e. The van der Waals surface area contributed by atoms with Crippen LogP contribution in [0.15, 0.2) is 54.6 Å². The average Bonchev–Trinajstić information content (AvgIpc) is 2.90. The molecule has 3 heterocycles. The molecular formula is C22H25N3O3. The first kappa shape index (κ1) is 18.5. The Bertz CT molecular complexity index is 912. The Kier molecular flexibility index (Phi) is 4.38. The van der Waals surface area contributed by atoms with Crippen LogP contribution in [0, 0.1) is 0 Å². The second kappa shape index (κ2) is 6.63. The SMILES string of the molecule is C=CC=C(C=C)c1ccc2c(c1)C1(CC3(CCCOC3)O2)N=C(N)N(C)C1=O. The van der Waals surface area contributed by atoms with E-state index in [0.717, 1.165) is 29.5 Å². The van der Waals surface area contributed by atoms with Crippen molar-refractivity contribution in [3.63, 3.8) is 0 Å². The van der Waals surface area contributed by atoms with Crippen LogP contribution >= 0.6 is 0 Å². The van der Waals surface area contributed by atoms with E-state index in [0.29, 0.717) is 25.4 Å². The first-order valence-corrected chi connectivity index (χ1v) is 9.45. The predicted molar refractivity (Wildman–Crippen MR) is 109 cm³/mol. The molecule has 0 saturated carbocycles. The molecule has 1 saturated heterocycles. The fourth-order valence-corrected chi connectivity index (χ4v) is 4.40. The Morgan fingerprint density at radius 2 is 2.21 bits per heavy atom. The van der Waals surface area contributed by atoms with Crippen molar-refractivity contribution < 1.29 is 14.3 Å². The third kappa shape index (κ3) is 2.67. The number of nitrogens with two attached hydrogens (primary N) is 1. The molecule has 1 amide bonds. The largest absolute Gasteiger partial charge is 0.484 e. The summed E-state index contributed by atoms with van der Waals surface area (Å²) in [7, 11) is 1.66. The molecule has 0 radical (unpaired) electrons. The number of carbonyl (C=O) groups excluding carboxylic acids is 1. The molecule has 28 heavy (non-hydrogen) atoms. The molecule has 2 spiro atoms. The van der Waals surface area contributed by atoms with Gasteiger partial charge in [0.1, 0.15) is 11.4 Å². The molecule has 0 aromatic heterocycles. The zero-order chi connectivity index (χ0) is 19.9. The van der Waals surface area contributed by atoms with Gasteiger partial charge in [0, 0.05) is 25.6 Å². The number of hydrogen-bond donors (Lipinski definition) is 1. The van der Waals surface area contributed by atoms with Gasteiger partial charge in [0.25, 0.3) is 5.91 Å². The van der Waals surface area contributed by atoms with Gasteiger partial charge in [-0.1, -0.05) is 37.5 Å². The van der Waals surface area contributed by atoms with Gasteiger partial charge >= 0.3 is 0 Å². The molecule has 0 aliphatic carbocycles. The van der Waals surface area contributed by atoms with Crippen LogP contribution in [0.5, 0.6) is 5.75 Å². The highest BCUT2D eigenvalue weighted by molar-refractivity contribution is 6.07. The maximum atomic E-state index is 13.3. The van der Waals surface area contributed by atoms with E-state index in [1.165, 1.54) is 4.90 Å². The molecule has 1 aromatic rings. The quantitative estimate of drug-likeness (QED) is 0.820. The molecular weight excluding hydrogens is 354 g/mol. The summed E-state index contributed by atoms with van der Waals surface area (Å²) in [5.41, 5.74) is 6.95. The molecule has 2 unspecified atom stereocenters. The van der Waals surface area contributed by atoms with Crippen LogP contribution in [0.2, 0.25) is 0 Å². The molecule has 3 aliphatic heterocycles. The van der Waals surface area contributed by atoms with Crippen molar-refractivity contribution in [2.45, 2.75) is 30.4 Å². The molecule has 2 atom stereocenters. The fourth-order valence-electron chi connectivity index (χ4n) is 4.40. The van der Waals surface area contributed by atoms with Crippen molar-refractivity contribution in [1.29, 1.82) is 0 Å². The Hall–Kier alpha value is -2.86. The third-order valence-corrected chi connectivity index (χ3v) is 5.77. The van der Waals surface area contributed by atoms with Crippen molar-refractivity contribution in [3.05, 3.63) is 60.7 Å². The van der Waals surface area contributed by atoms with Crippen molar-refractivity contribution >= 4 is 17.4 Å². The molecule has 1 aromatic carbocycles. The number of nitrogens with zero attached hydrogens (tertiary/aromatic N) is 2. The lowest BCUT2D eigenvalue weighted by molar-refractivity contribution is -0.139. The average molecular weight is 379 g/mol. The summed E-state index contributed by atoms with van der Waals surface area (Å²) in [5, 5.41) is 0. The predicted octanol–water partition coefficient (Wildman–Crippen LogP) is 2.76. The second-order valence-corrected chi connectivity index (χ2v) is 7.59. The topological polar surface area (TPSA) is 77.2 Å². The lowest BCUT2D eigenvalue weighted by Gasteiger charge is -2.46. The number of amides is 1. The van der Waals surface area contributed by atoms with Crippen molar-refractivity contribution in [2.75, 3.05) is 20.3 Å². The lowest BCUT2D eigenvalue weighted by Crippen LogP contribution is -2.55. The summed E-state index contributed by atoms with van der Waals surface area (Å²) < 4.78 is 12.1. The molecule has 146 valence electrons. The van der Waals surface area contributed by atoms with Gasteiger partial charge in [-0.15, -0.1) is 0 Å². The van der Waals surface area contributed by atoms with Crippen LogP contribution in [0.25, 0.3) is 5.57 Å². The summed E-state index contributed by atoms with van der Waals surface area (Å²) in [6.07, 6.45) is 7.46. The Morgan fingerprint density at radius 1 is 1.39 bits per heavy atom. The Labute approximate surface area is 165 Å². The summed E-state index contributed by atoms with van der Waals surface area (Å²) in [4.78, 5) is 19.4. The molecule has 4 rings (SSSR count). The van der Waals surface area contributed by atoms with Crippen LogP contribution in [0.1, 0.15) is 30.4 Å². The first-order chi connectivity index (χ1) is 13.4. The number of benzene rings is 1. The molecule has 0 bridgehead atoms. The molecule has 3 aliphatic rings. The monoisotopic (exact) mass is 379 g/mol. The van der Waals surface area contributed by atoms with E-state index in [9.17, 15) is 4.79 Å². The van der Waals surface area contributed by atoms with Gasteiger partial charge in [-0.05, 0) is 36.1 Å². The van der Waals surface area contributed by atoms with E-state index in [1.54, 1.807) is 19.2 Å². The molecule has 2 N–H and O–H groups in total. The number of hydrogen-bond acceptors (Lipinski definition) is 5. The van der Waals surface area contributed by atoms with Gasteiger partial charge in [-0.2, -0.15) is 0 Å². The van der Waals surface area contributed by atoms with E-state index in [2.05, 4.69) is 18.2 Å². The van der Waals surface area contributed by atoms with Gasteiger partial charge in [0.2, 0.25) is 0 Å². The number of likely N-dealkylation sites (N-methyl/N-ethyl adjacent to an activating group) is 1. The maximum absolute atomic E-state index is 13.3. The van der Waals surface area contributed by atoms with Gasteiger partial charge in [0.15, 0.2) is 11.5 Å². The number of guanidine groups is 1. The van der Waals surface area contributed by atoms with E-state index in [-0.39, 0.29) is 11.9 Å². The summed E-state index contributed by atoms with van der Waals surface area (Å²) in [6.45, 7) is 8.78. The van der Waals surface area contributed by atoms with Gasteiger partial charge in [-0.3, -0.25) is 9.69 Å². The normalized spacial score (nSPS) is 29.5. The van der Waals surface area contributed by atoms with E-state index in [1.807, 2.05) is 24.3 Å². The van der Waals surface area contributed by atoms with E-state index >= 15 is 0 Å². The van der Waals surface area contributed by atoms with E-state index < -0.39 is 11.1 Å². The van der Waals surface area contributed by atoms with Crippen molar-refractivity contribution in [1.82, 2.24) is 4.90 Å². The molecule has 6 nitrogen and oxygen atoms in total. The first-order valence-electron chi connectivity index (χ1n) is 9.45. The van der Waals surface area contributed by atoms with Gasteiger partial charge in [-0.25, -0.2) is 4.99 Å². The van der Waals surface area contributed by atoms with E-state index in [4.69, 9.17) is 15.2 Å². The highest BCUT2D eigenvalue weighted by Crippen LogP contribution is 2.51. The number of aliphatic imine (C=N–C) groups is 1. The fraction of sp³-hybridized carbons (Fsp3) is 0.364. The van der Waals surface area contributed by atoms with Crippen molar-refractivity contribution in [2.24, 2.45) is 10.7 Å². The number of ether oxygens (including phenoxy) is 2. The number of rotatable bonds is 3. The Morgan fingerprint density at radius 3 is 2.82 bits per heavy atom. The maximum Gasteiger partial charge on any atom is 0.261 e. The van der Waals surface area contributed by atoms with Gasteiger partial charge in [0.05, 0.1) is 6.61 Å². The molecule has 6 heteroatoms. The summed E-state index contributed by atoms with van der Waals surface area (Å²) in [6, 6.07) is 5.82. The number of fused-ring (bicyclic) bond motifs is 2. The third-order valence-electron chi connectivity index (χ3n) is 5.77. The lowest BCUT2D eigenvalue weighted by atomic mass is 9.74. The van der Waals surface area contributed by atoms with Crippen LogP contribution in [-0.4, -0.2) is 42.6 Å². The smallest absolute Gasteiger partial charge is 0.261 e. The minimum absolute atomic E-state index is 0.135. The highest BCUT2D eigenvalue weighted by Gasteiger charge is 2.58. The minimum atomic E-state index is -1.09. The summed E-state index contributed by atoms with van der Waals surface area (Å²) >= 11 is 0. The zero-order valence-electron chi connectivity index (χ0n) is 16.1. The zero-order valence-corrected chi connectivity index (χ0v) is 16.1. The van der Waals surface area contributed by atoms with Crippen LogP contribution in [-0.2, 0) is 15.1 Å². The highest BCUT2D eigenvalue weighted by atomic mass is 16.5. The number of carbonyl (C=O) groups is 1. The van der Waals surface area contributed by atoms with Crippen LogP contribution in [0.4, 0.5) is 0 Å². The van der Waals surface area contributed by atoms with Crippen molar-refractivity contribution in [3.8, 4) is 5.75 Å². The Balaban J connectivity index is 1.90. The van der Waals surface area contributed by atoms with Crippen LogP contribution in [0.3, 0.4) is 0 Å².